The van der Waals surface area contributed by atoms with Crippen LogP contribution in [0.15, 0.2) is 48.5 Å². The van der Waals surface area contributed by atoms with Gasteiger partial charge in [0.25, 0.3) is 0 Å². The van der Waals surface area contributed by atoms with Gasteiger partial charge in [0, 0.05) is 6.54 Å². The van der Waals surface area contributed by atoms with Crippen LogP contribution in [0.3, 0.4) is 0 Å². The molecule has 2 aromatic rings. The molecule has 0 aliphatic carbocycles. The number of phenols is 1. The van der Waals surface area contributed by atoms with Crippen molar-refractivity contribution < 1.29 is 23.4 Å². The predicted molar refractivity (Wildman–Crippen MR) is 81.7 cm³/mol. The van der Waals surface area contributed by atoms with Gasteiger partial charge in [-0.3, -0.25) is 0 Å². The van der Waals surface area contributed by atoms with E-state index >= 15 is 0 Å². The minimum absolute atomic E-state index is 0.137. The Hall–Kier alpha value is -2.89. The van der Waals surface area contributed by atoms with Gasteiger partial charge in [0.05, 0.1) is 0 Å². The van der Waals surface area contributed by atoms with Gasteiger partial charge in [-0.2, -0.15) is 0 Å². The number of hydrogen-bond acceptors (Lipinski definition) is 3. The zero-order valence-corrected chi connectivity index (χ0v) is 12.1. The molecule has 0 saturated carbocycles. The second kappa shape index (κ2) is 7.93. The van der Waals surface area contributed by atoms with Crippen molar-refractivity contribution in [1.82, 2.24) is 5.32 Å². The highest BCUT2D eigenvalue weighted by Gasteiger charge is 2.07. The Morgan fingerprint density at radius 2 is 1.83 bits per heavy atom. The van der Waals surface area contributed by atoms with Crippen LogP contribution < -0.4 is 5.32 Å². The fraction of sp³-hybridized carbons (Fsp3) is 0.118. The number of alkyl carbamates (subject to hydrolysis) is 1. The molecule has 0 unspecified atom stereocenters. The van der Waals surface area contributed by atoms with Crippen LogP contribution in [-0.4, -0.2) is 17.7 Å². The van der Waals surface area contributed by atoms with E-state index < -0.39 is 23.5 Å². The molecule has 0 bridgehead atoms. The van der Waals surface area contributed by atoms with E-state index in [1.165, 1.54) is 12.2 Å². The summed E-state index contributed by atoms with van der Waals surface area (Å²) in [5.41, 5.74) is 1.10. The number of benzene rings is 2. The van der Waals surface area contributed by atoms with Gasteiger partial charge in [-0.15, -0.1) is 0 Å². The van der Waals surface area contributed by atoms with Crippen LogP contribution in [0, 0.1) is 11.6 Å². The molecule has 0 aliphatic heterocycles. The minimum Gasteiger partial charge on any atom is -0.503 e. The monoisotopic (exact) mass is 319 g/mol. The first-order valence-corrected chi connectivity index (χ1v) is 6.85. The molecule has 0 heterocycles. The van der Waals surface area contributed by atoms with Gasteiger partial charge in [0.15, 0.2) is 17.4 Å². The molecular weight excluding hydrogens is 304 g/mol. The van der Waals surface area contributed by atoms with E-state index in [9.17, 15) is 13.6 Å². The summed E-state index contributed by atoms with van der Waals surface area (Å²) < 4.78 is 31.2. The lowest BCUT2D eigenvalue weighted by Gasteiger charge is -2.05. The molecule has 2 N–H and O–H groups in total. The first-order chi connectivity index (χ1) is 11.1. The van der Waals surface area contributed by atoms with Gasteiger partial charge >= 0.3 is 6.09 Å². The predicted octanol–water partition coefficient (Wildman–Crippen LogP) is 3.61. The molecule has 0 atom stereocenters. The lowest BCUT2D eigenvalue weighted by Crippen LogP contribution is -2.24. The molecule has 4 nitrogen and oxygen atoms in total. The Bertz CT molecular complexity index is 679. The summed E-state index contributed by atoms with van der Waals surface area (Å²) >= 11 is 0. The fourth-order valence-electron chi connectivity index (χ4n) is 1.79. The Labute approximate surface area is 132 Å². The highest BCUT2D eigenvalue weighted by atomic mass is 19.1. The summed E-state index contributed by atoms with van der Waals surface area (Å²) in [7, 11) is 0. The van der Waals surface area contributed by atoms with Crippen LogP contribution in [0.25, 0.3) is 6.08 Å². The number of amides is 1. The largest absolute Gasteiger partial charge is 0.503 e. The molecule has 0 spiro atoms. The van der Waals surface area contributed by atoms with E-state index in [1.807, 2.05) is 30.3 Å². The number of carbonyl (C=O) groups excluding carboxylic acids is 1. The zero-order chi connectivity index (χ0) is 16.7. The lowest BCUT2D eigenvalue weighted by molar-refractivity contribution is 0.141. The van der Waals surface area contributed by atoms with Crippen molar-refractivity contribution in [3.8, 4) is 5.75 Å². The van der Waals surface area contributed by atoms with E-state index in [4.69, 9.17) is 9.84 Å². The first-order valence-electron chi connectivity index (χ1n) is 6.85. The topological polar surface area (TPSA) is 58.6 Å². The molecule has 120 valence electrons. The molecule has 2 rings (SSSR count). The molecule has 0 fully saturated rings. The average molecular weight is 319 g/mol. The number of ether oxygens (including phenoxy) is 1. The van der Waals surface area contributed by atoms with Gasteiger partial charge in [-0.05, 0) is 23.3 Å². The van der Waals surface area contributed by atoms with Crippen molar-refractivity contribution in [3.63, 3.8) is 0 Å². The third-order valence-corrected chi connectivity index (χ3v) is 2.93. The Morgan fingerprint density at radius 3 is 2.48 bits per heavy atom. The minimum atomic E-state index is -1.04. The maximum Gasteiger partial charge on any atom is 0.407 e. The molecule has 0 radical (unpaired) electrons. The molecule has 2 aromatic carbocycles. The highest BCUT2D eigenvalue weighted by molar-refractivity contribution is 5.67. The summed E-state index contributed by atoms with van der Waals surface area (Å²) in [5, 5.41) is 11.5. The molecule has 23 heavy (non-hydrogen) atoms. The number of aromatic hydroxyl groups is 1. The smallest absolute Gasteiger partial charge is 0.407 e. The van der Waals surface area contributed by atoms with Gasteiger partial charge in [-0.1, -0.05) is 42.5 Å². The Balaban J connectivity index is 1.77. The van der Waals surface area contributed by atoms with E-state index in [1.54, 1.807) is 0 Å². The van der Waals surface area contributed by atoms with Crippen LogP contribution in [0.2, 0.25) is 0 Å². The Kier molecular flexibility index (Phi) is 5.68. The normalized spacial score (nSPS) is 10.7. The van der Waals surface area contributed by atoms with Crippen molar-refractivity contribution in [2.24, 2.45) is 0 Å². The van der Waals surface area contributed by atoms with E-state index in [2.05, 4.69) is 5.32 Å². The number of carbonyl (C=O) groups is 1. The van der Waals surface area contributed by atoms with Crippen molar-refractivity contribution >= 4 is 12.2 Å². The van der Waals surface area contributed by atoms with Gasteiger partial charge in [-0.25, -0.2) is 13.6 Å². The molecule has 1 amide bonds. The molecule has 6 heteroatoms. The third-order valence-electron chi connectivity index (χ3n) is 2.93. The highest BCUT2D eigenvalue weighted by Crippen LogP contribution is 2.21. The summed E-state index contributed by atoms with van der Waals surface area (Å²) in [6.07, 6.45) is 2.33. The van der Waals surface area contributed by atoms with Crippen LogP contribution in [0.1, 0.15) is 11.1 Å². The van der Waals surface area contributed by atoms with Crippen LogP contribution in [-0.2, 0) is 11.3 Å². The van der Waals surface area contributed by atoms with Crippen molar-refractivity contribution in [2.75, 3.05) is 6.54 Å². The first kappa shape index (κ1) is 16.5. The van der Waals surface area contributed by atoms with Crippen LogP contribution >= 0.6 is 0 Å². The van der Waals surface area contributed by atoms with Gasteiger partial charge in [0.2, 0.25) is 0 Å². The number of phenolic OH excluding ortho intramolecular Hbond substituents is 1. The second-order valence-electron chi connectivity index (χ2n) is 4.68. The number of hydrogen-bond donors (Lipinski definition) is 2. The lowest BCUT2D eigenvalue weighted by atomic mass is 10.2. The number of nitrogens with one attached hydrogen (secondary N) is 1. The van der Waals surface area contributed by atoms with Crippen LogP contribution in [0.5, 0.6) is 5.75 Å². The summed E-state index contributed by atoms with van der Waals surface area (Å²) in [6, 6.07) is 11.2. The fourth-order valence-corrected chi connectivity index (χ4v) is 1.79. The van der Waals surface area contributed by atoms with Crippen molar-refractivity contribution in [2.45, 2.75) is 6.61 Å². The van der Waals surface area contributed by atoms with Crippen molar-refractivity contribution in [1.29, 1.82) is 0 Å². The van der Waals surface area contributed by atoms with E-state index in [-0.39, 0.29) is 18.7 Å². The molecule has 0 aromatic heterocycles. The van der Waals surface area contributed by atoms with E-state index in [0.717, 1.165) is 17.7 Å². The van der Waals surface area contributed by atoms with Gasteiger partial charge in [0.1, 0.15) is 6.61 Å². The standard InChI is InChI=1S/C17H15F2NO3/c18-14-9-13(10-15(19)16(14)21)7-4-8-20-17(22)23-11-12-5-2-1-3-6-12/h1-7,9-10,21H,8,11H2,(H,20,22). The second-order valence-corrected chi connectivity index (χ2v) is 4.68. The number of halogens is 2. The molecule has 0 saturated heterocycles. The Morgan fingerprint density at radius 1 is 1.17 bits per heavy atom. The molecule has 0 aliphatic rings. The van der Waals surface area contributed by atoms with E-state index in [0.29, 0.717) is 0 Å². The quantitative estimate of drug-likeness (QED) is 0.885. The van der Waals surface area contributed by atoms with Crippen molar-refractivity contribution in [3.05, 3.63) is 71.3 Å². The van der Waals surface area contributed by atoms with Crippen LogP contribution in [0.4, 0.5) is 13.6 Å². The maximum atomic E-state index is 13.1. The summed E-state index contributed by atoms with van der Waals surface area (Å²) in [6.45, 7) is 0.294. The molecular formula is C17H15F2NO3. The summed E-state index contributed by atoms with van der Waals surface area (Å²) in [4.78, 5) is 11.5. The average Bonchev–Trinajstić information content (AvgIpc) is 2.55. The zero-order valence-electron chi connectivity index (χ0n) is 12.1. The summed E-state index contributed by atoms with van der Waals surface area (Å²) in [5.74, 6) is -3.09. The number of rotatable bonds is 5. The van der Waals surface area contributed by atoms with Gasteiger partial charge < -0.3 is 15.2 Å². The third kappa shape index (κ3) is 5.10. The maximum absolute atomic E-state index is 13.1. The SMILES string of the molecule is O=C(NCC=Cc1cc(F)c(O)c(F)c1)OCc1ccccc1.